The summed E-state index contributed by atoms with van der Waals surface area (Å²) < 4.78 is 5.16. The zero-order valence-electron chi connectivity index (χ0n) is 14.4. The van der Waals surface area contributed by atoms with E-state index in [0.29, 0.717) is 24.3 Å². The summed E-state index contributed by atoms with van der Waals surface area (Å²) in [6.07, 6.45) is 2.96. The van der Waals surface area contributed by atoms with Crippen LogP contribution < -0.4 is 10.3 Å². The van der Waals surface area contributed by atoms with E-state index < -0.39 is 5.60 Å². The Morgan fingerprint density at radius 3 is 2.60 bits per heavy atom. The fourth-order valence-electron chi connectivity index (χ4n) is 3.42. The summed E-state index contributed by atoms with van der Waals surface area (Å²) in [5.41, 5.74) is -0.281. The third-order valence-electron chi connectivity index (χ3n) is 4.87. The van der Waals surface area contributed by atoms with Crippen molar-refractivity contribution in [3.05, 3.63) is 64.1 Å². The molecule has 0 spiro atoms. The van der Waals surface area contributed by atoms with Gasteiger partial charge in [0.2, 0.25) is 5.56 Å². The van der Waals surface area contributed by atoms with Crippen molar-refractivity contribution in [3.8, 4) is 5.75 Å². The number of benzene rings is 1. The summed E-state index contributed by atoms with van der Waals surface area (Å²) in [6, 6.07) is 9.75. The molecular formula is C19H22N2O4. The van der Waals surface area contributed by atoms with Crippen molar-refractivity contribution in [3.63, 3.8) is 0 Å². The zero-order valence-corrected chi connectivity index (χ0v) is 14.4. The van der Waals surface area contributed by atoms with Crippen LogP contribution in [0.25, 0.3) is 0 Å². The summed E-state index contributed by atoms with van der Waals surface area (Å²) >= 11 is 0. The molecule has 0 saturated carbocycles. The summed E-state index contributed by atoms with van der Waals surface area (Å²) in [5.74, 6) is 0.527. The van der Waals surface area contributed by atoms with E-state index in [1.807, 2.05) is 12.1 Å². The van der Waals surface area contributed by atoms with Crippen molar-refractivity contribution in [1.82, 2.24) is 9.88 Å². The molecule has 1 fully saturated rings. The Hall–Kier alpha value is -2.60. The quantitative estimate of drug-likeness (QED) is 0.889. The topological polar surface area (TPSA) is 82.6 Å². The summed E-state index contributed by atoms with van der Waals surface area (Å²) in [7, 11) is 1.59. The Kier molecular flexibility index (Phi) is 4.63. The van der Waals surface area contributed by atoms with E-state index in [9.17, 15) is 14.7 Å². The lowest BCUT2D eigenvalue weighted by Gasteiger charge is -2.37. The molecule has 25 heavy (non-hydrogen) atoms. The first-order valence-corrected chi connectivity index (χ1v) is 8.30. The number of H-pyrrole nitrogens is 1. The Morgan fingerprint density at radius 2 is 2.00 bits per heavy atom. The first kappa shape index (κ1) is 17.2. The summed E-state index contributed by atoms with van der Waals surface area (Å²) in [5, 5.41) is 11.2. The molecule has 2 heterocycles. The van der Waals surface area contributed by atoms with Gasteiger partial charge >= 0.3 is 0 Å². The van der Waals surface area contributed by atoms with Gasteiger partial charge in [0.1, 0.15) is 11.4 Å². The number of amides is 1. The second kappa shape index (κ2) is 6.72. The first-order valence-electron chi connectivity index (χ1n) is 8.30. The Morgan fingerprint density at radius 1 is 1.28 bits per heavy atom. The Labute approximate surface area is 146 Å². The standard InChI is InChI=1S/C19H22N2O4/c1-19(24,14-6-8-15(25-2)9-7-14)16-4-3-11-21(16)18(23)13-5-10-17(22)20-12-13/h5-10,12,16,24H,3-4,11H2,1-2H3,(H,20,22)/t16-,19-/m1/s1. The minimum Gasteiger partial charge on any atom is -0.497 e. The highest BCUT2D eigenvalue weighted by Crippen LogP contribution is 2.36. The number of aliphatic hydroxyl groups is 1. The smallest absolute Gasteiger partial charge is 0.255 e. The lowest BCUT2D eigenvalue weighted by atomic mass is 9.86. The van der Waals surface area contributed by atoms with Crippen LogP contribution >= 0.6 is 0 Å². The van der Waals surface area contributed by atoms with Gasteiger partial charge in [-0.2, -0.15) is 0 Å². The highest BCUT2D eigenvalue weighted by Gasteiger charge is 2.42. The molecule has 1 aromatic carbocycles. The van der Waals surface area contributed by atoms with Gasteiger partial charge in [-0.25, -0.2) is 0 Å². The number of rotatable bonds is 4. The SMILES string of the molecule is COc1ccc([C@@](C)(O)[C@H]2CCCN2C(=O)c2ccc(=O)[nH]c2)cc1. The van der Waals surface area contributed by atoms with E-state index in [1.54, 1.807) is 31.1 Å². The Balaban J connectivity index is 1.87. The van der Waals surface area contributed by atoms with Gasteiger partial charge in [-0.1, -0.05) is 12.1 Å². The number of aromatic nitrogens is 1. The predicted octanol–water partition coefficient (Wildman–Crippen LogP) is 1.90. The molecule has 1 saturated heterocycles. The third kappa shape index (κ3) is 3.30. The maximum atomic E-state index is 12.8. The van der Waals surface area contributed by atoms with Gasteiger partial charge in [0.25, 0.3) is 5.91 Å². The maximum absolute atomic E-state index is 12.8. The number of carbonyl (C=O) groups excluding carboxylic acids is 1. The van der Waals surface area contributed by atoms with Gasteiger partial charge in [0.15, 0.2) is 0 Å². The van der Waals surface area contributed by atoms with Crippen molar-refractivity contribution in [1.29, 1.82) is 0 Å². The lowest BCUT2D eigenvalue weighted by molar-refractivity contribution is -0.0177. The third-order valence-corrected chi connectivity index (χ3v) is 4.87. The van der Waals surface area contributed by atoms with Crippen LogP contribution in [-0.2, 0) is 5.60 Å². The molecule has 2 atom stereocenters. The molecule has 1 aliphatic heterocycles. The number of methoxy groups -OCH3 is 1. The van der Waals surface area contributed by atoms with Crippen LogP contribution in [0, 0.1) is 0 Å². The number of ether oxygens (including phenoxy) is 1. The van der Waals surface area contributed by atoms with Crippen LogP contribution in [0.1, 0.15) is 35.7 Å². The fourth-order valence-corrected chi connectivity index (χ4v) is 3.42. The number of nitrogens with zero attached hydrogens (tertiary/aromatic N) is 1. The number of hydrogen-bond donors (Lipinski definition) is 2. The lowest BCUT2D eigenvalue weighted by Crippen LogP contribution is -2.48. The molecule has 0 unspecified atom stereocenters. The van der Waals surface area contributed by atoms with Crippen molar-refractivity contribution < 1.29 is 14.6 Å². The van der Waals surface area contributed by atoms with E-state index in [4.69, 9.17) is 4.74 Å². The van der Waals surface area contributed by atoms with Crippen LogP contribution in [0.2, 0.25) is 0 Å². The number of likely N-dealkylation sites (tertiary alicyclic amines) is 1. The first-order chi connectivity index (χ1) is 11.9. The van der Waals surface area contributed by atoms with Gasteiger partial charge in [0.05, 0.1) is 18.7 Å². The Bertz CT molecular complexity index is 790. The summed E-state index contributed by atoms with van der Waals surface area (Å²) in [6.45, 7) is 2.31. The average Bonchev–Trinajstić information content (AvgIpc) is 3.12. The number of hydrogen-bond acceptors (Lipinski definition) is 4. The van der Waals surface area contributed by atoms with Crippen LogP contribution in [0.4, 0.5) is 0 Å². The molecule has 1 aromatic heterocycles. The normalized spacial score (nSPS) is 19.5. The van der Waals surface area contributed by atoms with Gasteiger partial charge in [0, 0.05) is 18.8 Å². The molecule has 132 valence electrons. The van der Waals surface area contributed by atoms with E-state index in [1.165, 1.54) is 18.3 Å². The molecule has 6 heteroatoms. The predicted molar refractivity (Wildman–Crippen MR) is 93.7 cm³/mol. The molecule has 0 bridgehead atoms. The van der Waals surface area contributed by atoms with Crippen LogP contribution in [0.15, 0.2) is 47.4 Å². The minimum atomic E-state index is -1.18. The van der Waals surface area contributed by atoms with Crippen molar-refractivity contribution >= 4 is 5.91 Å². The molecule has 1 amide bonds. The molecule has 2 N–H and O–H groups in total. The number of nitrogens with one attached hydrogen (secondary N) is 1. The molecule has 1 aliphatic rings. The molecule has 0 aliphatic carbocycles. The van der Waals surface area contributed by atoms with Crippen LogP contribution in [-0.4, -0.2) is 40.6 Å². The number of pyridine rings is 1. The highest BCUT2D eigenvalue weighted by atomic mass is 16.5. The van der Waals surface area contributed by atoms with E-state index >= 15 is 0 Å². The highest BCUT2D eigenvalue weighted by molar-refractivity contribution is 5.94. The van der Waals surface area contributed by atoms with E-state index in [-0.39, 0.29) is 17.5 Å². The summed E-state index contributed by atoms with van der Waals surface area (Å²) in [4.78, 5) is 28.2. The number of aromatic amines is 1. The van der Waals surface area contributed by atoms with Gasteiger partial charge in [-0.3, -0.25) is 9.59 Å². The molecule has 2 aromatic rings. The maximum Gasteiger partial charge on any atom is 0.255 e. The molecule has 6 nitrogen and oxygen atoms in total. The number of carbonyl (C=O) groups is 1. The largest absolute Gasteiger partial charge is 0.497 e. The fraction of sp³-hybridized carbons (Fsp3) is 0.368. The van der Waals surface area contributed by atoms with Crippen LogP contribution in [0.5, 0.6) is 5.75 Å². The molecule has 3 rings (SSSR count). The average molecular weight is 342 g/mol. The van der Waals surface area contributed by atoms with Crippen molar-refractivity contribution in [2.75, 3.05) is 13.7 Å². The minimum absolute atomic E-state index is 0.187. The molecule has 0 radical (unpaired) electrons. The second-order valence-electron chi connectivity index (χ2n) is 6.47. The van der Waals surface area contributed by atoms with Crippen molar-refractivity contribution in [2.24, 2.45) is 0 Å². The van der Waals surface area contributed by atoms with Gasteiger partial charge in [-0.15, -0.1) is 0 Å². The molecular weight excluding hydrogens is 320 g/mol. The monoisotopic (exact) mass is 342 g/mol. The van der Waals surface area contributed by atoms with E-state index in [0.717, 1.165) is 12.0 Å². The van der Waals surface area contributed by atoms with Gasteiger partial charge in [-0.05, 0) is 43.5 Å². The van der Waals surface area contributed by atoms with E-state index in [2.05, 4.69) is 4.98 Å². The van der Waals surface area contributed by atoms with Gasteiger partial charge < -0.3 is 19.7 Å². The zero-order chi connectivity index (χ0) is 18.0. The second-order valence-corrected chi connectivity index (χ2v) is 6.47. The van der Waals surface area contributed by atoms with Crippen molar-refractivity contribution in [2.45, 2.75) is 31.4 Å². The van der Waals surface area contributed by atoms with Crippen LogP contribution in [0.3, 0.4) is 0 Å².